The molecule has 1 amide bonds. The summed E-state index contributed by atoms with van der Waals surface area (Å²) < 4.78 is 2.83. The number of carbonyl (C=O) groups excluding carboxylic acids is 1. The van der Waals surface area contributed by atoms with Gasteiger partial charge in [0, 0.05) is 41.7 Å². The Bertz CT molecular complexity index is 1700. The largest absolute Gasteiger partial charge is 0.359 e. The number of hydrogen-bond acceptors (Lipinski definition) is 6. The fraction of sp³-hybridized carbons (Fsp3) is 0.0769. The Balaban J connectivity index is 1.31. The molecule has 0 aliphatic carbocycles. The van der Waals surface area contributed by atoms with E-state index in [2.05, 4.69) is 61.8 Å². The second-order valence-electron chi connectivity index (χ2n) is 8.26. The van der Waals surface area contributed by atoms with Crippen molar-refractivity contribution in [1.82, 2.24) is 24.5 Å². The van der Waals surface area contributed by atoms with E-state index in [0.717, 1.165) is 48.8 Å². The summed E-state index contributed by atoms with van der Waals surface area (Å²) in [6.07, 6.45) is 5.15. The summed E-state index contributed by atoms with van der Waals surface area (Å²) in [6, 6.07) is 17.8. The van der Waals surface area contributed by atoms with Gasteiger partial charge in [-0.1, -0.05) is 6.07 Å². The van der Waals surface area contributed by atoms with Crippen LogP contribution in [0, 0.1) is 6.92 Å². The van der Waals surface area contributed by atoms with Crippen molar-refractivity contribution in [2.24, 2.45) is 7.05 Å². The standard InChI is InChI=1S/C26H21N7OS/c1-15-11-16-12-17(6-7-18(16)30-15)31-19-8-10-27-20-13-22(35-24(19)20)21-14-29-25(33(21)2)26(34)32-23-5-3-4-9-28-23/h3-14,30H,1-2H3,(H,27,31)(H,28,32,34). The number of nitrogens with one attached hydrogen (secondary N) is 3. The molecule has 3 N–H and O–H groups in total. The molecule has 8 nitrogen and oxygen atoms in total. The molecule has 6 aromatic rings. The number of pyridine rings is 2. The third-order valence-corrected chi connectivity index (χ3v) is 6.98. The van der Waals surface area contributed by atoms with Gasteiger partial charge in [0.1, 0.15) is 5.82 Å². The summed E-state index contributed by atoms with van der Waals surface area (Å²) in [5.41, 5.74) is 5.96. The fourth-order valence-corrected chi connectivity index (χ4v) is 5.26. The van der Waals surface area contributed by atoms with Gasteiger partial charge < -0.3 is 20.2 Å². The average molecular weight is 480 g/mol. The Morgan fingerprint density at radius 3 is 2.80 bits per heavy atom. The maximum Gasteiger partial charge on any atom is 0.292 e. The lowest BCUT2D eigenvalue weighted by atomic mass is 10.2. The van der Waals surface area contributed by atoms with Gasteiger partial charge in [0.05, 0.1) is 32.7 Å². The second kappa shape index (κ2) is 8.37. The lowest BCUT2D eigenvalue weighted by Gasteiger charge is -2.07. The molecule has 1 aromatic carbocycles. The molecule has 0 saturated heterocycles. The molecule has 35 heavy (non-hydrogen) atoms. The van der Waals surface area contributed by atoms with Crippen molar-refractivity contribution < 1.29 is 4.79 Å². The number of aromatic nitrogens is 5. The lowest BCUT2D eigenvalue weighted by molar-refractivity contribution is 0.101. The number of imidazole rings is 1. The van der Waals surface area contributed by atoms with Crippen molar-refractivity contribution in [2.75, 3.05) is 10.6 Å². The Kier molecular flexibility index (Phi) is 5.04. The number of H-pyrrole nitrogens is 1. The van der Waals surface area contributed by atoms with E-state index >= 15 is 0 Å². The van der Waals surface area contributed by atoms with Crippen LogP contribution in [0.25, 0.3) is 31.7 Å². The maximum atomic E-state index is 12.7. The van der Waals surface area contributed by atoms with Crippen LogP contribution in [0.1, 0.15) is 16.3 Å². The highest BCUT2D eigenvalue weighted by molar-refractivity contribution is 7.22. The minimum absolute atomic E-state index is 0.310. The minimum Gasteiger partial charge on any atom is -0.359 e. The topological polar surface area (TPSA) is 101 Å². The number of carbonyl (C=O) groups is 1. The monoisotopic (exact) mass is 479 g/mol. The number of aryl methyl sites for hydroxylation is 1. The number of fused-ring (bicyclic) bond motifs is 2. The number of thiophene rings is 1. The summed E-state index contributed by atoms with van der Waals surface area (Å²) in [5, 5.41) is 7.49. The Morgan fingerprint density at radius 1 is 1.03 bits per heavy atom. The molecule has 0 radical (unpaired) electrons. The number of aromatic amines is 1. The van der Waals surface area contributed by atoms with Crippen molar-refractivity contribution >= 4 is 55.6 Å². The van der Waals surface area contributed by atoms with Gasteiger partial charge in [-0.2, -0.15) is 0 Å². The van der Waals surface area contributed by atoms with Crippen molar-refractivity contribution in [2.45, 2.75) is 6.92 Å². The van der Waals surface area contributed by atoms with Gasteiger partial charge in [-0.3, -0.25) is 9.78 Å². The highest BCUT2D eigenvalue weighted by atomic mass is 32.1. The highest BCUT2D eigenvalue weighted by Gasteiger charge is 2.18. The highest BCUT2D eigenvalue weighted by Crippen LogP contribution is 2.38. The number of amides is 1. The van der Waals surface area contributed by atoms with E-state index in [1.165, 1.54) is 0 Å². The van der Waals surface area contributed by atoms with Crippen molar-refractivity contribution in [3.63, 3.8) is 0 Å². The molecule has 0 unspecified atom stereocenters. The summed E-state index contributed by atoms with van der Waals surface area (Å²) in [7, 11) is 1.83. The third kappa shape index (κ3) is 3.91. The molecule has 0 bridgehead atoms. The summed E-state index contributed by atoms with van der Waals surface area (Å²) in [5.74, 6) is 0.482. The van der Waals surface area contributed by atoms with E-state index in [9.17, 15) is 4.79 Å². The van der Waals surface area contributed by atoms with Crippen molar-refractivity contribution in [3.8, 4) is 10.6 Å². The zero-order chi connectivity index (χ0) is 23.9. The number of anilines is 3. The third-order valence-electron chi connectivity index (χ3n) is 5.80. The maximum absolute atomic E-state index is 12.7. The zero-order valence-electron chi connectivity index (χ0n) is 19.0. The number of benzene rings is 1. The van der Waals surface area contributed by atoms with E-state index in [-0.39, 0.29) is 5.91 Å². The molecular weight excluding hydrogens is 458 g/mol. The molecule has 9 heteroatoms. The normalized spacial score (nSPS) is 11.3. The Hall–Kier alpha value is -4.50. The molecule has 0 aliphatic rings. The van der Waals surface area contributed by atoms with Gasteiger partial charge in [0.15, 0.2) is 5.82 Å². The number of hydrogen-bond donors (Lipinski definition) is 3. The van der Waals surface area contributed by atoms with Crippen LogP contribution in [-0.4, -0.2) is 30.4 Å². The zero-order valence-corrected chi connectivity index (χ0v) is 19.9. The molecule has 5 heterocycles. The van der Waals surface area contributed by atoms with Crippen molar-refractivity contribution in [1.29, 1.82) is 0 Å². The second-order valence-corrected chi connectivity index (χ2v) is 9.31. The van der Waals surface area contributed by atoms with E-state index < -0.39 is 0 Å². The van der Waals surface area contributed by atoms with Crippen LogP contribution in [0.4, 0.5) is 17.2 Å². The summed E-state index contributed by atoms with van der Waals surface area (Å²) in [4.78, 5) is 30.2. The van der Waals surface area contributed by atoms with Gasteiger partial charge in [-0.15, -0.1) is 11.3 Å². The fourth-order valence-electron chi connectivity index (χ4n) is 4.13. The number of rotatable bonds is 5. The van der Waals surface area contributed by atoms with Crippen LogP contribution >= 0.6 is 11.3 Å². The molecule has 172 valence electrons. The quantitative estimate of drug-likeness (QED) is 0.287. The smallest absolute Gasteiger partial charge is 0.292 e. The lowest BCUT2D eigenvalue weighted by Crippen LogP contribution is -2.17. The summed E-state index contributed by atoms with van der Waals surface area (Å²) in [6.45, 7) is 2.05. The summed E-state index contributed by atoms with van der Waals surface area (Å²) >= 11 is 1.61. The molecule has 6 rings (SSSR count). The van der Waals surface area contributed by atoms with E-state index in [1.807, 2.05) is 25.2 Å². The van der Waals surface area contributed by atoms with Crippen LogP contribution in [0.2, 0.25) is 0 Å². The Morgan fingerprint density at radius 2 is 1.94 bits per heavy atom. The molecule has 0 saturated carbocycles. The van der Waals surface area contributed by atoms with E-state index in [0.29, 0.717) is 11.6 Å². The molecule has 0 atom stereocenters. The van der Waals surface area contributed by atoms with Crippen LogP contribution in [-0.2, 0) is 7.05 Å². The first-order valence-electron chi connectivity index (χ1n) is 11.0. The Labute approximate surface area is 204 Å². The number of nitrogens with zero attached hydrogens (tertiary/aromatic N) is 4. The molecule has 5 aromatic heterocycles. The van der Waals surface area contributed by atoms with Crippen LogP contribution in [0.3, 0.4) is 0 Å². The van der Waals surface area contributed by atoms with Gasteiger partial charge in [0.25, 0.3) is 5.91 Å². The molecule has 0 spiro atoms. The molecule has 0 fully saturated rings. The van der Waals surface area contributed by atoms with Gasteiger partial charge in [-0.05, 0) is 55.5 Å². The van der Waals surface area contributed by atoms with Gasteiger partial charge >= 0.3 is 0 Å². The van der Waals surface area contributed by atoms with Crippen molar-refractivity contribution in [3.05, 3.63) is 84.7 Å². The van der Waals surface area contributed by atoms with E-state index in [1.54, 1.807) is 46.6 Å². The van der Waals surface area contributed by atoms with Crippen LogP contribution in [0.15, 0.2) is 73.2 Å². The molecule has 0 aliphatic heterocycles. The van der Waals surface area contributed by atoms with Crippen LogP contribution < -0.4 is 10.6 Å². The first-order valence-corrected chi connectivity index (χ1v) is 11.9. The van der Waals surface area contributed by atoms with Crippen LogP contribution in [0.5, 0.6) is 0 Å². The SMILES string of the molecule is Cc1cc2cc(Nc3ccnc4cc(-c5cnc(C(=O)Nc6ccccn6)n5C)sc34)ccc2[nH]1. The van der Waals surface area contributed by atoms with Gasteiger partial charge in [-0.25, -0.2) is 9.97 Å². The van der Waals surface area contributed by atoms with E-state index in [4.69, 9.17) is 0 Å². The average Bonchev–Trinajstić information content (AvgIpc) is 3.55. The minimum atomic E-state index is -0.311. The predicted octanol–water partition coefficient (Wildman–Crippen LogP) is 5.88. The predicted molar refractivity (Wildman–Crippen MR) is 140 cm³/mol. The van der Waals surface area contributed by atoms with Gasteiger partial charge in [0.2, 0.25) is 0 Å². The first kappa shape index (κ1) is 21.1. The molecular formula is C26H21N7OS. The first-order chi connectivity index (χ1) is 17.0.